The van der Waals surface area contributed by atoms with Crippen molar-refractivity contribution in [2.24, 2.45) is 11.5 Å². The van der Waals surface area contributed by atoms with Gasteiger partial charge in [-0.2, -0.15) is 0 Å². The molecule has 0 spiro atoms. The van der Waals surface area contributed by atoms with Crippen LogP contribution in [0.5, 0.6) is 0 Å². The zero-order chi connectivity index (χ0) is 24.6. The summed E-state index contributed by atoms with van der Waals surface area (Å²) in [5.41, 5.74) is 18.9. The Kier molecular flexibility index (Phi) is 7.70. The Labute approximate surface area is 206 Å². The van der Waals surface area contributed by atoms with Crippen molar-refractivity contribution in [2.75, 3.05) is 0 Å². The Morgan fingerprint density at radius 2 is 1.34 bits per heavy atom. The van der Waals surface area contributed by atoms with Crippen molar-refractivity contribution >= 4 is 5.91 Å². The van der Waals surface area contributed by atoms with Gasteiger partial charge in [0, 0.05) is 17.5 Å². The lowest BCUT2D eigenvalue weighted by molar-refractivity contribution is -0.122. The fourth-order valence-corrected chi connectivity index (χ4v) is 3.94. The maximum absolute atomic E-state index is 12.8. The van der Waals surface area contributed by atoms with Crippen LogP contribution in [-0.4, -0.2) is 23.0 Å². The van der Waals surface area contributed by atoms with Gasteiger partial charge in [-0.15, -0.1) is 0 Å². The van der Waals surface area contributed by atoms with Gasteiger partial charge >= 0.3 is 0 Å². The highest BCUT2D eigenvalue weighted by Crippen LogP contribution is 2.20. The van der Waals surface area contributed by atoms with Gasteiger partial charge in [-0.3, -0.25) is 9.78 Å². The third kappa shape index (κ3) is 6.43. The first-order valence-corrected chi connectivity index (χ1v) is 11.6. The highest BCUT2D eigenvalue weighted by molar-refractivity contribution is 5.82. The maximum atomic E-state index is 12.8. The highest BCUT2D eigenvalue weighted by atomic mass is 16.2. The summed E-state index contributed by atoms with van der Waals surface area (Å²) in [4.78, 5) is 17.2. The minimum absolute atomic E-state index is 0.253. The molecule has 4 aromatic rings. The summed E-state index contributed by atoms with van der Waals surface area (Å²) in [7, 11) is 0. The topological polar surface area (TPSA) is 94.0 Å². The van der Waals surface area contributed by atoms with Gasteiger partial charge in [0.15, 0.2) is 0 Å². The second-order valence-electron chi connectivity index (χ2n) is 8.63. The van der Waals surface area contributed by atoms with Gasteiger partial charge in [-0.05, 0) is 47.2 Å². The molecule has 5 N–H and O–H groups in total. The molecule has 35 heavy (non-hydrogen) atoms. The first-order valence-electron chi connectivity index (χ1n) is 11.6. The number of nitrogens with two attached hydrogens (primary N) is 2. The standard InChI is InChI=1S/C30H30N4O/c1-21(31)29(20-23-10-14-25(15-11-23)24-7-3-2-4-8-24)34-30(35)27(32)19-22-12-16-26(17-13-22)28-9-5-6-18-33-28/h2-18,27,29H,1,19-20,31-32H2,(H,34,35)/t27-,29+/m0/s1. The largest absolute Gasteiger partial charge is 0.401 e. The summed E-state index contributed by atoms with van der Waals surface area (Å²) in [6.45, 7) is 3.87. The van der Waals surface area contributed by atoms with Gasteiger partial charge in [0.1, 0.15) is 0 Å². The number of nitrogens with zero attached hydrogens (tertiary/aromatic N) is 1. The number of carbonyl (C=O) groups excluding carboxylic acids is 1. The highest BCUT2D eigenvalue weighted by Gasteiger charge is 2.20. The molecule has 0 aliphatic carbocycles. The third-order valence-electron chi connectivity index (χ3n) is 5.97. The van der Waals surface area contributed by atoms with Crippen molar-refractivity contribution < 1.29 is 4.79 Å². The fraction of sp³-hybridized carbons (Fsp3) is 0.133. The predicted molar refractivity (Wildman–Crippen MR) is 142 cm³/mol. The quantitative estimate of drug-likeness (QED) is 0.342. The van der Waals surface area contributed by atoms with E-state index in [9.17, 15) is 4.79 Å². The number of aromatic nitrogens is 1. The number of hydrogen-bond acceptors (Lipinski definition) is 4. The molecule has 0 aliphatic rings. The second kappa shape index (κ2) is 11.3. The summed E-state index contributed by atoms with van der Waals surface area (Å²) >= 11 is 0. The van der Waals surface area contributed by atoms with Crippen molar-refractivity contribution in [1.29, 1.82) is 0 Å². The molecule has 0 aliphatic heterocycles. The molecule has 4 rings (SSSR count). The van der Waals surface area contributed by atoms with E-state index in [0.29, 0.717) is 18.5 Å². The van der Waals surface area contributed by atoms with Gasteiger partial charge < -0.3 is 16.8 Å². The van der Waals surface area contributed by atoms with Gasteiger partial charge in [0.25, 0.3) is 0 Å². The molecule has 0 saturated carbocycles. The van der Waals surface area contributed by atoms with Crippen LogP contribution in [0.4, 0.5) is 0 Å². The number of carbonyl (C=O) groups is 1. The van der Waals surface area contributed by atoms with Gasteiger partial charge in [0.05, 0.1) is 17.8 Å². The summed E-state index contributed by atoms with van der Waals surface area (Å²) in [6.07, 6.45) is 2.73. The molecule has 0 bridgehead atoms. The predicted octanol–water partition coefficient (Wildman–Crippen LogP) is 4.49. The zero-order valence-electron chi connectivity index (χ0n) is 19.6. The van der Waals surface area contributed by atoms with Crippen molar-refractivity contribution in [3.05, 3.63) is 127 Å². The van der Waals surface area contributed by atoms with Gasteiger partial charge in [0.2, 0.25) is 5.91 Å². The lowest BCUT2D eigenvalue weighted by Gasteiger charge is -2.21. The molecule has 0 saturated heterocycles. The molecule has 176 valence electrons. The summed E-state index contributed by atoms with van der Waals surface area (Å²) in [5.74, 6) is -0.253. The van der Waals surface area contributed by atoms with E-state index in [2.05, 4.69) is 41.1 Å². The van der Waals surface area contributed by atoms with Crippen molar-refractivity contribution in [1.82, 2.24) is 10.3 Å². The van der Waals surface area contributed by atoms with Crippen LogP contribution in [0, 0.1) is 0 Å². The minimum atomic E-state index is -0.696. The van der Waals surface area contributed by atoms with Crippen LogP contribution in [0.15, 0.2) is 116 Å². The molecule has 5 nitrogen and oxygen atoms in total. The molecule has 1 heterocycles. The third-order valence-corrected chi connectivity index (χ3v) is 5.97. The molecule has 0 unspecified atom stereocenters. The number of pyridine rings is 1. The minimum Gasteiger partial charge on any atom is -0.401 e. The van der Waals surface area contributed by atoms with E-state index in [1.54, 1.807) is 6.20 Å². The van der Waals surface area contributed by atoms with Crippen LogP contribution in [0.1, 0.15) is 11.1 Å². The molecule has 1 aromatic heterocycles. The molecule has 1 amide bonds. The molecule has 0 fully saturated rings. The van der Waals surface area contributed by atoms with Gasteiger partial charge in [-0.25, -0.2) is 0 Å². The van der Waals surface area contributed by atoms with Crippen LogP contribution in [0.3, 0.4) is 0 Å². The Balaban J connectivity index is 1.35. The zero-order valence-corrected chi connectivity index (χ0v) is 19.6. The monoisotopic (exact) mass is 462 g/mol. The Morgan fingerprint density at radius 3 is 1.94 bits per heavy atom. The van der Waals surface area contributed by atoms with Crippen LogP contribution < -0.4 is 16.8 Å². The van der Waals surface area contributed by atoms with E-state index in [4.69, 9.17) is 11.5 Å². The molecular weight excluding hydrogens is 432 g/mol. The van der Waals surface area contributed by atoms with Crippen molar-refractivity contribution in [3.8, 4) is 22.4 Å². The smallest absolute Gasteiger partial charge is 0.237 e. The first kappa shape index (κ1) is 23.9. The Hall–Kier alpha value is -4.22. The van der Waals surface area contributed by atoms with E-state index < -0.39 is 12.1 Å². The average Bonchev–Trinajstić information content (AvgIpc) is 2.90. The normalized spacial score (nSPS) is 12.5. The number of amides is 1. The van der Waals surface area contributed by atoms with Crippen LogP contribution in [-0.2, 0) is 17.6 Å². The number of benzene rings is 3. The van der Waals surface area contributed by atoms with Crippen molar-refractivity contribution in [3.63, 3.8) is 0 Å². The maximum Gasteiger partial charge on any atom is 0.237 e. The van der Waals surface area contributed by atoms with E-state index in [0.717, 1.165) is 33.5 Å². The molecule has 5 heteroatoms. The summed E-state index contributed by atoms with van der Waals surface area (Å²) < 4.78 is 0. The summed E-state index contributed by atoms with van der Waals surface area (Å²) in [5, 5.41) is 2.97. The first-order chi connectivity index (χ1) is 17.0. The lowest BCUT2D eigenvalue weighted by Crippen LogP contribution is -2.48. The summed E-state index contributed by atoms with van der Waals surface area (Å²) in [6, 6.07) is 31.1. The van der Waals surface area contributed by atoms with E-state index >= 15 is 0 Å². The molecule has 3 aromatic carbocycles. The van der Waals surface area contributed by atoms with E-state index in [1.807, 2.05) is 72.8 Å². The average molecular weight is 463 g/mol. The Morgan fingerprint density at radius 1 is 0.771 bits per heavy atom. The van der Waals surface area contributed by atoms with Crippen LogP contribution in [0.25, 0.3) is 22.4 Å². The van der Waals surface area contributed by atoms with Gasteiger partial charge in [-0.1, -0.05) is 91.5 Å². The van der Waals surface area contributed by atoms with Crippen molar-refractivity contribution in [2.45, 2.75) is 24.9 Å². The van der Waals surface area contributed by atoms with Crippen LogP contribution >= 0.6 is 0 Å². The molecule has 0 radical (unpaired) electrons. The van der Waals surface area contributed by atoms with E-state index in [-0.39, 0.29) is 5.91 Å². The number of rotatable bonds is 9. The number of nitrogens with one attached hydrogen (secondary N) is 1. The molecular formula is C30H30N4O. The second-order valence-corrected chi connectivity index (χ2v) is 8.63. The number of hydrogen-bond donors (Lipinski definition) is 3. The Bertz CT molecular complexity index is 1250. The van der Waals surface area contributed by atoms with Crippen LogP contribution in [0.2, 0.25) is 0 Å². The SMILES string of the molecule is C=C(N)[C@@H](Cc1ccc(-c2ccccc2)cc1)NC(=O)[C@@H](N)Cc1ccc(-c2ccccn2)cc1. The lowest BCUT2D eigenvalue weighted by atomic mass is 9.99. The fourth-order valence-electron chi connectivity index (χ4n) is 3.94. The molecule has 2 atom stereocenters. The van der Waals surface area contributed by atoms with E-state index in [1.165, 1.54) is 0 Å².